The fraction of sp³-hybridized carbons (Fsp3) is 0.545. The molecular formula is C11H16N2O. The third-order valence-electron chi connectivity index (χ3n) is 2.70. The van der Waals surface area contributed by atoms with Crippen LogP contribution in [0, 0.1) is 5.92 Å². The fourth-order valence-electron chi connectivity index (χ4n) is 1.91. The summed E-state index contributed by atoms with van der Waals surface area (Å²) in [6.45, 7) is 5.53. The average Bonchev–Trinajstić information content (AvgIpc) is 2.56. The Morgan fingerprint density at radius 3 is 3.00 bits per heavy atom. The van der Waals surface area contributed by atoms with Crippen LogP contribution < -0.4 is 0 Å². The maximum absolute atomic E-state index is 9.08. The minimum Gasteiger partial charge on any atom is -0.506 e. The molecule has 1 fully saturated rings. The van der Waals surface area contributed by atoms with Crippen LogP contribution in [0.2, 0.25) is 0 Å². The van der Waals surface area contributed by atoms with Gasteiger partial charge in [-0.15, -0.1) is 0 Å². The van der Waals surface area contributed by atoms with Gasteiger partial charge in [-0.2, -0.15) is 0 Å². The summed E-state index contributed by atoms with van der Waals surface area (Å²) in [6.07, 6.45) is 2.80. The largest absolute Gasteiger partial charge is 0.506 e. The van der Waals surface area contributed by atoms with E-state index in [1.54, 1.807) is 6.07 Å². The first kappa shape index (κ1) is 9.46. The molecule has 1 aromatic heterocycles. The highest BCUT2D eigenvalue weighted by Crippen LogP contribution is 2.17. The van der Waals surface area contributed by atoms with Gasteiger partial charge < -0.3 is 5.11 Å². The van der Waals surface area contributed by atoms with E-state index in [0.29, 0.717) is 0 Å². The fourth-order valence-corrected chi connectivity index (χ4v) is 1.91. The highest BCUT2D eigenvalue weighted by Gasteiger charge is 2.18. The Labute approximate surface area is 84.4 Å². The summed E-state index contributed by atoms with van der Waals surface area (Å²) in [4.78, 5) is 6.58. The zero-order valence-corrected chi connectivity index (χ0v) is 8.48. The first-order valence-corrected chi connectivity index (χ1v) is 5.10. The smallest absolute Gasteiger partial charge is 0.133 e. The van der Waals surface area contributed by atoms with E-state index in [-0.39, 0.29) is 5.75 Å². The molecule has 1 aliphatic rings. The van der Waals surface area contributed by atoms with Crippen molar-refractivity contribution in [2.24, 2.45) is 5.92 Å². The number of rotatable bonds is 2. The van der Waals surface area contributed by atoms with Crippen molar-refractivity contribution in [2.75, 3.05) is 13.1 Å². The van der Waals surface area contributed by atoms with E-state index in [9.17, 15) is 0 Å². The number of likely N-dealkylation sites (tertiary alicyclic amines) is 1. The monoisotopic (exact) mass is 192 g/mol. The van der Waals surface area contributed by atoms with Gasteiger partial charge in [0.1, 0.15) is 5.75 Å². The van der Waals surface area contributed by atoms with Gasteiger partial charge in [0.25, 0.3) is 0 Å². The molecule has 1 N–H and O–H groups in total. The molecule has 1 aliphatic heterocycles. The lowest BCUT2D eigenvalue weighted by Gasteiger charge is -2.14. The van der Waals surface area contributed by atoms with E-state index in [0.717, 1.165) is 18.2 Å². The highest BCUT2D eigenvalue weighted by molar-refractivity contribution is 5.17. The van der Waals surface area contributed by atoms with Crippen LogP contribution in [0.15, 0.2) is 18.3 Å². The van der Waals surface area contributed by atoms with Gasteiger partial charge in [0.05, 0.1) is 11.9 Å². The van der Waals surface area contributed by atoms with Gasteiger partial charge in [-0.3, -0.25) is 9.88 Å². The van der Waals surface area contributed by atoms with Gasteiger partial charge in [0.15, 0.2) is 0 Å². The van der Waals surface area contributed by atoms with E-state index in [1.807, 2.05) is 6.07 Å². The van der Waals surface area contributed by atoms with E-state index in [1.165, 1.54) is 25.7 Å². The quantitative estimate of drug-likeness (QED) is 0.773. The van der Waals surface area contributed by atoms with Gasteiger partial charge in [-0.25, -0.2) is 0 Å². The molecular weight excluding hydrogens is 176 g/mol. The Morgan fingerprint density at radius 2 is 2.43 bits per heavy atom. The number of nitrogens with zero attached hydrogens (tertiary/aromatic N) is 2. The van der Waals surface area contributed by atoms with Crippen molar-refractivity contribution in [3.63, 3.8) is 0 Å². The molecule has 0 aromatic carbocycles. The van der Waals surface area contributed by atoms with E-state index in [2.05, 4.69) is 16.8 Å². The molecule has 0 aliphatic carbocycles. The Hall–Kier alpha value is -1.09. The summed E-state index contributed by atoms with van der Waals surface area (Å²) < 4.78 is 0. The molecule has 0 spiro atoms. The first-order chi connectivity index (χ1) is 6.74. The number of aromatic hydroxyl groups is 1. The molecule has 2 heterocycles. The van der Waals surface area contributed by atoms with Crippen LogP contribution in [0.25, 0.3) is 0 Å². The van der Waals surface area contributed by atoms with Crippen LogP contribution in [-0.2, 0) is 6.54 Å². The van der Waals surface area contributed by atoms with Gasteiger partial charge >= 0.3 is 0 Å². The Kier molecular flexibility index (Phi) is 2.68. The maximum atomic E-state index is 9.08. The van der Waals surface area contributed by atoms with Crippen molar-refractivity contribution in [1.82, 2.24) is 9.88 Å². The first-order valence-electron chi connectivity index (χ1n) is 5.10. The molecule has 2 rings (SSSR count). The number of aromatic nitrogens is 1. The molecule has 0 saturated carbocycles. The molecule has 1 saturated heterocycles. The molecule has 3 nitrogen and oxygen atoms in total. The predicted molar refractivity (Wildman–Crippen MR) is 55.0 cm³/mol. The summed E-state index contributed by atoms with van der Waals surface area (Å²) in [5.74, 6) is 1.05. The normalized spacial score (nSPS) is 22.8. The molecule has 1 aromatic rings. The van der Waals surface area contributed by atoms with E-state index in [4.69, 9.17) is 5.11 Å². The lowest BCUT2D eigenvalue weighted by molar-refractivity contribution is 0.316. The van der Waals surface area contributed by atoms with Crippen molar-refractivity contribution in [3.8, 4) is 5.75 Å². The standard InChI is InChI=1S/C11H16N2O/c1-9-4-5-13(7-9)8-10-2-3-11(14)6-12-10/h2-3,6,9,14H,4-5,7-8H2,1H3. The second kappa shape index (κ2) is 3.96. The topological polar surface area (TPSA) is 36.4 Å². The van der Waals surface area contributed by atoms with E-state index >= 15 is 0 Å². The SMILES string of the molecule is CC1CCN(Cc2ccc(O)cn2)C1. The van der Waals surface area contributed by atoms with Gasteiger partial charge in [-0.05, 0) is 31.0 Å². The molecule has 76 valence electrons. The summed E-state index contributed by atoms with van der Waals surface area (Å²) in [5, 5.41) is 9.08. The number of pyridine rings is 1. The van der Waals surface area contributed by atoms with Crippen LogP contribution in [0.5, 0.6) is 5.75 Å². The van der Waals surface area contributed by atoms with Crippen molar-refractivity contribution < 1.29 is 5.11 Å². The second-order valence-corrected chi connectivity index (χ2v) is 4.14. The third kappa shape index (κ3) is 2.23. The highest BCUT2D eigenvalue weighted by atomic mass is 16.3. The van der Waals surface area contributed by atoms with Crippen molar-refractivity contribution >= 4 is 0 Å². The van der Waals surface area contributed by atoms with Crippen LogP contribution in [-0.4, -0.2) is 28.1 Å². The number of hydrogen-bond donors (Lipinski definition) is 1. The van der Waals surface area contributed by atoms with Gasteiger partial charge in [0, 0.05) is 13.1 Å². The molecule has 0 amide bonds. The summed E-state index contributed by atoms with van der Waals surface area (Å²) >= 11 is 0. The van der Waals surface area contributed by atoms with Crippen LogP contribution in [0.1, 0.15) is 19.0 Å². The minimum atomic E-state index is 0.239. The van der Waals surface area contributed by atoms with Crippen molar-refractivity contribution in [1.29, 1.82) is 0 Å². The average molecular weight is 192 g/mol. The minimum absolute atomic E-state index is 0.239. The molecule has 0 radical (unpaired) electrons. The summed E-state index contributed by atoms with van der Waals surface area (Å²) in [7, 11) is 0. The Balaban J connectivity index is 1.94. The summed E-state index contributed by atoms with van der Waals surface area (Å²) in [6, 6.07) is 3.58. The lowest BCUT2D eigenvalue weighted by Crippen LogP contribution is -2.20. The number of hydrogen-bond acceptors (Lipinski definition) is 3. The van der Waals surface area contributed by atoms with Crippen LogP contribution in [0.4, 0.5) is 0 Å². The maximum Gasteiger partial charge on any atom is 0.133 e. The lowest BCUT2D eigenvalue weighted by atomic mass is 10.2. The predicted octanol–water partition coefficient (Wildman–Crippen LogP) is 1.63. The third-order valence-corrected chi connectivity index (χ3v) is 2.70. The Morgan fingerprint density at radius 1 is 1.57 bits per heavy atom. The zero-order valence-electron chi connectivity index (χ0n) is 8.48. The second-order valence-electron chi connectivity index (χ2n) is 4.14. The zero-order chi connectivity index (χ0) is 9.97. The van der Waals surface area contributed by atoms with E-state index < -0.39 is 0 Å². The molecule has 3 heteroatoms. The van der Waals surface area contributed by atoms with Gasteiger partial charge in [-0.1, -0.05) is 6.92 Å². The van der Waals surface area contributed by atoms with Crippen molar-refractivity contribution in [2.45, 2.75) is 19.9 Å². The molecule has 0 bridgehead atoms. The molecule has 1 atom stereocenters. The molecule has 1 unspecified atom stereocenters. The van der Waals surface area contributed by atoms with Gasteiger partial charge in [0.2, 0.25) is 0 Å². The van der Waals surface area contributed by atoms with Crippen LogP contribution >= 0.6 is 0 Å². The van der Waals surface area contributed by atoms with Crippen LogP contribution in [0.3, 0.4) is 0 Å². The van der Waals surface area contributed by atoms with Crippen molar-refractivity contribution in [3.05, 3.63) is 24.0 Å². The summed E-state index contributed by atoms with van der Waals surface area (Å²) in [5.41, 5.74) is 1.04. The Bertz CT molecular complexity index is 297. The molecule has 14 heavy (non-hydrogen) atoms.